The third-order valence-electron chi connectivity index (χ3n) is 3.25. The number of halogens is 1. The van der Waals surface area contributed by atoms with Crippen molar-refractivity contribution in [1.29, 1.82) is 0 Å². The standard InChI is InChI=1S/C17H17ClO3S/c1-11(19)22-10-16(20)17(21)14-4-2-12(3-5-14)13-6-8-15(18)9-7-13/h2-9,16-17,20-21H,10H2,1H3. The van der Waals surface area contributed by atoms with Crippen LogP contribution >= 0.6 is 23.4 Å². The van der Waals surface area contributed by atoms with Crippen LogP contribution in [0.4, 0.5) is 0 Å². The molecule has 5 heteroatoms. The molecular formula is C17H17ClO3S. The third-order valence-corrected chi connectivity index (χ3v) is 4.42. The van der Waals surface area contributed by atoms with Crippen LogP contribution in [-0.4, -0.2) is 27.2 Å². The fourth-order valence-electron chi connectivity index (χ4n) is 2.03. The summed E-state index contributed by atoms with van der Waals surface area (Å²) >= 11 is 6.87. The number of benzene rings is 2. The lowest BCUT2D eigenvalue weighted by Gasteiger charge is -2.17. The van der Waals surface area contributed by atoms with Gasteiger partial charge in [-0.3, -0.25) is 4.79 Å². The van der Waals surface area contributed by atoms with E-state index in [1.807, 2.05) is 36.4 Å². The highest BCUT2D eigenvalue weighted by atomic mass is 35.5. The monoisotopic (exact) mass is 336 g/mol. The molecule has 0 bridgehead atoms. The zero-order valence-corrected chi connectivity index (χ0v) is 13.6. The zero-order chi connectivity index (χ0) is 16.1. The molecule has 0 aliphatic carbocycles. The van der Waals surface area contributed by atoms with Gasteiger partial charge in [0, 0.05) is 17.7 Å². The number of carbonyl (C=O) groups excluding carboxylic acids is 1. The maximum atomic E-state index is 10.9. The largest absolute Gasteiger partial charge is 0.389 e. The van der Waals surface area contributed by atoms with E-state index in [4.69, 9.17) is 11.6 Å². The van der Waals surface area contributed by atoms with E-state index in [0.717, 1.165) is 22.9 Å². The van der Waals surface area contributed by atoms with E-state index in [0.29, 0.717) is 10.6 Å². The van der Waals surface area contributed by atoms with Gasteiger partial charge >= 0.3 is 0 Å². The highest BCUT2D eigenvalue weighted by Gasteiger charge is 2.19. The molecule has 0 amide bonds. The Bertz CT molecular complexity index is 625. The first-order valence-electron chi connectivity index (χ1n) is 6.83. The summed E-state index contributed by atoms with van der Waals surface area (Å²) in [6, 6.07) is 14.8. The number of hydrogen-bond acceptors (Lipinski definition) is 4. The molecule has 0 aliphatic rings. The van der Waals surface area contributed by atoms with Crippen LogP contribution in [0.15, 0.2) is 48.5 Å². The molecule has 2 rings (SSSR count). The number of hydrogen-bond donors (Lipinski definition) is 2. The molecule has 0 heterocycles. The summed E-state index contributed by atoms with van der Waals surface area (Å²) in [5, 5.41) is 20.6. The van der Waals surface area contributed by atoms with Gasteiger partial charge in [-0.05, 0) is 28.8 Å². The molecule has 0 aromatic heterocycles. The van der Waals surface area contributed by atoms with Gasteiger partial charge in [-0.15, -0.1) is 0 Å². The Morgan fingerprint density at radius 1 is 1.05 bits per heavy atom. The second-order valence-electron chi connectivity index (χ2n) is 4.94. The van der Waals surface area contributed by atoms with E-state index in [1.165, 1.54) is 6.92 Å². The lowest BCUT2D eigenvalue weighted by atomic mass is 10.00. The summed E-state index contributed by atoms with van der Waals surface area (Å²) in [4.78, 5) is 10.9. The van der Waals surface area contributed by atoms with Crippen molar-refractivity contribution in [2.45, 2.75) is 19.1 Å². The number of thioether (sulfide) groups is 1. The first-order valence-corrected chi connectivity index (χ1v) is 8.19. The maximum Gasteiger partial charge on any atom is 0.185 e. The van der Waals surface area contributed by atoms with Crippen LogP contribution in [0.2, 0.25) is 5.02 Å². The summed E-state index contributed by atoms with van der Waals surface area (Å²) in [6.45, 7) is 1.44. The van der Waals surface area contributed by atoms with E-state index in [2.05, 4.69) is 0 Å². The van der Waals surface area contributed by atoms with Gasteiger partial charge in [0.15, 0.2) is 5.12 Å². The van der Waals surface area contributed by atoms with Crippen LogP contribution in [0.25, 0.3) is 11.1 Å². The molecule has 2 N–H and O–H groups in total. The molecule has 0 radical (unpaired) electrons. The first kappa shape index (κ1) is 17.0. The zero-order valence-electron chi connectivity index (χ0n) is 12.1. The Morgan fingerprint density at radius 2 is 1.55 bits per heavy atom. The highest BCUT2D eigenvalue weighted by molar-refractivity contribution is 8.13. The highest BCUT2D eigenvalue weighted by Crippen LogP contribution is 2.25. The fourth-order valence-corrected chi connectivity index (χ4v) is 2.74. The SMILES string of the molecule is CC(=O)SCC(O)C(O)c1ccc(-c2ccc(Cl)cc2)cc1. The average molecular weight is 337 g/mol. The first-order chi connectivity index (χ1) is 10.5. The minimum absolute atomic E-state index is 0.0793. The van der Waals surface area contributed by atoms with Crippen LogP contribution in [0, 0.1) is 0 Å². The average Bonchev–Trinajstić information content (AvgIpc) is 2.53. The van der Waals surface area contributed by atoms with Crippen molar-refractivity contribution < 1.29 is 15.0 Å². The Balaban J connectivity index is 2.07. The fraction of sp³-hybridized carbons (Fsp3) is 0.235. The molecule has 2 unspecified atom stereocenters. The van der Waals surface area contributed by atoms with Crippen LogP contribution < -0.4 is 0 Å². The number of aliphatic hydroxyl groups excluding tert-OH is 2. The van der Waals surface area contributed by atoms with Crippen LogP contribution in [0.3, 0.4) is 0 Å². The Labute approximate surface area is 138 Å². The van der Waals surface area contributed by atoms with Crippen LogP contribution in [0.5, 0.6) is 0 Å². The lowest BCUT2D eigenvalue weighted by Crippen LogP contribution is -2.21. The molecule has 0 fully saturated rings. The summed E-state index contributed by atoms with van der Waals surface area (Å²) in [5.74, 6) is 0.176. The number of carbonyl (C=O) groups is 1. The molecule has 2 aromatic rings. The van der Waals surface area contributed by atoms with E-state index in [1.54, 1.807) is 12.1 Å². The van der Waals surface area contributed by atoms with Gasteiger partial charge in [-0.1, -0.05) is 59.8 Å². The van der Waals surface area contributed by atoms with E-state index in [-0.39, 0.29) is 10.9 Å². The number of rotatable bonds is 5. The minimum atomic E-state index is -1.01. The van der Waals surface area contributed by atoms with E-state index < -0.39 is 12.2 Å². The Hall–Kier alpha value is -1.33. The summed E-state index contributed by atoms with van der Waals surface area (Å²) < 4.78 is 0. The van der Waals surface area contributed by atoms with Gasteiger partial charge in [0.05, 0.1) is 6.10 Å². The molecule has 3 nitrogen and oxygen atoms in total. The maximum absolute atomic E-state index is 10.9. The van der Waals surface area contributed by atoms with Gasteiger partial charge < -0.3 is 10.2 Å². The van der Waals surface area contributed by atoms with Crippen molar-refractivity contribution in [3.8, 4) is 11.1 Å². The smallest absolute Gasteiger partial charge is 0.185 e. The Kier molecular flexibility index (Phi) is 6.03. The molecule has 116 valence electrons. The van der Waals surface area contributed by atoms with Crippen molar-refractivity contribution in [2.24, 2.45) is 0 Å². The van der Waals surface area contributed by atoms with Crippen molar-refractivity contribution in [1.82, 2.24) is 0 Å². The van der Waals surface area contributed by atoms with Crippen LogP contribution in [0.1, 0.15) is 18.6 Å². The van der Waals surface area contributed by atoms with E-state index >= 15 is 0 Å². The predicted molar refractivity (Wildman–Crippen MR) is 91.0 cm³/mol. The van der Waals surface area contributed by atoms with Crippen molar-refractivity contribution in [2.75, 3.05) is 5.75 Å². The van der Waals surface area contributed by atoms with Gasteiger partial charge in [-0.25, -0.2) is 0 Å². The molecular weight excluding hydrogens is 320 g/mol. The number of aliphatic hydroxyl groups is 2. The molecule has 0 aliphatic heterocycles. The molecule has 0 spiro atoms. The van der Waals surface area contributed by atoms with Gasteiger partial charge in [-0.2, -0.15) is 0 Å². The molecule has 22 heavy (non-hydrogen) atoms. The third kappa shape index (κ3) is 4.58. The molecule has 2 atom stereocenters. The minimum Gasteiger partial charge on any atom is -0.389 e. The van der Waals surface area contributed by atoms with Crippen molar-refractivity contribution in [3.63, 3.8) is 0 Å². The van der Waals surface area contributed by atoms with Gasteiger partial charge in [0.25, 0.3) is 0 Å². The second kappa shape index (κ2) is 7.79. The second-order valence-corrected chi connectivity index (χ2v) is 6.58. The van der Waals surface area contributed by atoms with E-state index in [9.17, 15) is 15.0 Å². The molecule has 0 saturated heterocycles. The normalized spacial score (nSPS) is 13.6. The summed E-state index contributed by atoms with van der Waals surface area (Å²) in [6.07, 6.45) is -1.98. The quantitative estimate of drug-likeness (QED) is 0.874. The predicted octanol–water partition coefficient (Wildman–Crippen LogP) is 3.68. The van der Waals surface area contributed by atoms with Crippen molar-refractivity contribution >= 4 is 28.5 Å². The van der Waals surface area contributed by atoms with Gasteiger partial charge in [0.1, 0.15) is 6.10 Å². The van der Waals surface area contributed by atoms with Gasteiger partial charge in [0.2, 0.25) is 0 Å². The lowest BCUT2D eigenvalue weighted by molar-refractivity contribution is -0.109. The summed E-state index contributed by atoms with van der Waals surface area (Å²) in [7, 11) is 0. The Morgan fingerprint density at radius 3 is 2.05 bits per heavy atom. The molecule has 0 saturated carbocycles. The summed E-state index contributed by atoms with van der Waals surface area (Å²) in [5.41, 5.74) is 2.65. The molecule has 2 aromatic carbocycles. The van der Waals surface area contributed by atoms with Crippen LogP contribution in [-0.2, 0) is 4.79 Å². The topological polar surface area (TPSA) is 57.5 Å². The van der Waals surface area contributed by atoms with Crippen molar-refractivity contribution in [3.05, 3.63) is 59.1 Å².